The highest BCUT2D eigenvalue weighted by molar-refractivity contribution is 9.10. The van der Waals surface area contributed by atoms with E-state index in [1.807, 2.05) is 17.0 Å². The van der Waals surface area contributed by atoms with Crippen LogP contribution in [0.4, 0.5) is 0 Å². The third-order valence-corrected chi connectivity index (χ3v) is 3.80. The Bertz CT molecular complexity index is 418. The first-order chi connectivity index (χ1) is 8.74. The average molecular weight is 312 g/mol. The van der Waals surface area contributed by atoms with Crippen molar-refractivity contribution in [3.05, 3.63) is 28.5 Å². The van der Waals surface area contributed by atoms with Gasteiger partial charge in [0, 0.05) is 29.8 Å². The number of halogens is 1. The van der Waals surface area contributed by atoms with Gasteiger partial charge < -0.3 is 10.2 Å². The van der Waals surface area contributed by atoms with Crippen molar-refractivity contribution in [1.29, 1.82) is 0 Å². The van der Waals surface area contributed by atoms with Crippen LogP contribution in [0.3, 0.4) is 0 Å². The van der Waals surface area contributed by atoms with Crippen molar-refractivity contribution >= 4 is 21.8 Å². The topological polar surface area (TPSA) is 45.2 Å². The Hall–Kier alpha value is -0.940. The molecule has 0 aromatic carbocycles. The van der Waals surface area contributed by atoms with E-state index in [0.29, 0.717) is 11.7 Å². The molecule has 1 saturated heterocycles. The van der Waals surface area contributed by atoms with Crippen molar-refractivity contribution in [2.24, 2.45) is 0 Å². The Kier molecular flexibility index (Phi) is 4.72. The number of nitrogens with one attached hydrogen (secondary N) is 1. The minimum atomic E-state index is 0.0259. The summed E-state index contributed by atoms with van der Waals surface area (Å²) in [6.07, 6.45) is 3.65. The van der Waals surface area contributed by atoms with Gasteiger partial charge in [0.2, 0.25) is 0 Å². The van der Waals surface area contributed by atoms with Gasteiger partial charge in [-0.25, -0.2) is 4.98 Å². The third-order valence-electron chi connectivity index (χ3n) is 3.16. The first-order valence-electron chi connectivity index (χ1n) is 6.36. The number of pyridine rings is 1. The zero-order valence-electron chi connectivity index (χ0n) is 10.5. The van der Waals surface area contributed by atoms with Crippen LogP contribution in [0.1, 0.15) is 30.3 Å². The van der Waals surface area contributed by atoms with Crippen molar-refractivity contribution < 1.29 is 4.79 Å². The summed E-state index contributed by atoms with van der Waals surface area (Å²) < 4.78 is 0.766. The van der Waals surface area contributed by atoms with Gasteiger partial charge in [0.15, 0.2) is 0 Å². The average Bonchev–Trinajstić information content (AvgIpc) is 2.89. The predicted molar refractivity (Wildman–Crippen MR) is 74.5 cm³/mol. The van der Waals surface area contributed by atoms with Crippen LogP contribution in [0.15, 0.2) is 22.8 Å². The Morgan fingerprint density at radius 2 is 2.50 bits per heavy atom. The minimum Gasteiger partial charge on any atom is -0.333 e. The van der Waals surface area contributed by atoms with E-state index >= 15 is 0 Å². The molecule has 0 bridgehead atoms. The molecule has 1 aromatic heterocycles. The van der Waals surface area contributed by atoms with Gasteiger partial charge in [-0.1, -0.05) is 6.92 Å². The molecule has 1 N–H and O–H groups in total. The van der Waals surface area contributed by atoms with Crippen molar-refractivity contribution in [3.8, 4) is 0 Å². The number of hydrogen-bond donors (Lipinski definition) is 1. The maximum Gasteiger partial charge on any atom is 0.273 e. The van der Waals surface area contributed by atoms with Crippen LogP contribution in [0.5, 0.6) is 0 Å². The van der Waals surface area contributed by atoms with E-state index in [4.69, 9.17) is 0 Å². The Morgan fingerprint density at radius 1 is 1.67 bits per heavy atom. The smallest absolute Gasteiger partial charge is 0.273 e. The maximum atomic E-state index is 12.5. The summed E-state index contributed by atoms with van der Waals surface area (Å²) in [6, 6.07) is 3.98. The standard InChI is InChI=1S/C13H18BrN3O/c1-2-8-17(10-5-7-15-9-10)13(18)12-11(14)4-3-6-16-12/h3-4,6,10,15H,2,5,7-9H2,1H3. The SMILES string of the molecule is CCCN(C(=O)c1ncccc1Br)C1CCNC1. The number of rotatable bonds is 4. The number of amides is 1. The van der Waals surface area contributed by atoms with Gasteiger partial charge in [-0.2, -0.15) is 0 Å². The zero-order valence-corrected chi connectivity index (χ0v) is 12.1. The first-order valence-corrected chi connectivity index (χ1v) is 7.15. The van der Waals surface area contributed by atoms with Gasteiger partial charge in [0.1, 0.15) is 5.69 Å². The van der Waals surface area contributed by atoms with Crippen LogP contribution >= 0.6 is 15.9 Å². The van der Waals surface area contributed by atoms with Gasteiger partial charge in [-0.15, -0.1) is 0 Å². The van der Waals surface area contributed by atoms with E-state index in [0.717, 1.165) is 36.9 Å². The molecule has 1 aromatic rings. The molecule has 2 rings (SSSR count). The lowest BCUT2D eigenvalue weighted by Gasteiger charge is -2.28. The molecule has 5 heteroatoms. The Balaban J connectivity index is 2.20. The van der Waals surface area contributed by atoms with Crippen LogP contribution in [0.2, 0.25) is 0 Å². The molecule has 4 nitrogen and oxygen atoms in total. The van der Waals surface area contributed by atoms with E-state index < -0.39 is 0 Å². The lowest BCUT2D eigenvalue weighted by Crippen LogP contribution is -2.42. The second-order valence-corrected chi connectivity index (χ2v) is 5.33. The quantitative estimate of drug-likeness (QED) is 0.925. The molecule has 0 radical (unpaired) electrons. The van der Waals surface area contributed by atoms with Gasteiger partial charge in [0.05, 0.1) is 0 Å². The van der Waals surface area contributed by atoms with Gasteiger partial charge in [-0.05, 0) is 47.4 Å². The molecule has 1 unspecified atom stereocenters. The lowest BCUT2D eigenvalue weighted by atomic mass is 10.2. The summed E-state index contributed by atoms with van der Waals surface area (Å²) in [6.45, 7) is 4.75. The lowest BCUT2D eigenvalue weighted by molar-refractivity contribution is 0.0685. The van der Waals surface area contributed by atoms with Crippen LogP contribution in [-0.2, 0) is 0 Å². The molecule has 0 saturated carbocycles. The third kappa shape index (κ3) is 2.90. The summed E-state index contributed by atoms with van der Waals surface area (Å²) in [5, 5.41) is 3.31. The fraction of sp³-hybridized carbons (Fsp3) is 0.538. The molecule has 18 heavy (non-hydrogen) atoms. The number of nitrogens with zero attached hydrogens (tertiary/aromatic N) is 2. The van der Waals surface area contributed by atoms with E-state index in [-0.39, 0.29) is 5.91 Å². The van der Waals surface area contributed by atoms with Crippen molar-refractivity contribution in [1.82, 2.24) is 15.2 Å². The molecule has 98 valence electrons. The van der Waals surface area contributed by atoms with Crippen molar-refractivity contribution in [2.75, 3.05) is 19.6 Å². The molecular formula is C13H18BrN3O. The first kappa shape index (κ1) is 13.5. The van der Waals surface area contributed by atoms with E-state index in [9.17, 15) is 4.79 Å². The van der Waals surface area contributed by atoms with Crippen LogP contribution in [0, 0.1) is 0 Å². The summed E-state index contributed by atoms with van der Waals surface area (Å²) in [5.41, 5.74) is 0.512. The molecule has 1 aliphatic heterocycles. The molecule has 0 aliphatic carbocycles. The van der Waals surface area contributed by atoms with Crippen molar-refractivity contribution in [2.45, 2.75) is 25.8 Å². The highest BCUT2D eigenvalue weighted by Gasteiger charge is 2.28. The van der Waals surface area contributed by atoms with Crippen LogP contribution in [0.25, 0.3) is 0 Å². The largest absolute Gasteiger partial charge is 0.333 e. The van der Waals surface area contributed by atoms with Gasteiger partial charge in [0.25, 0.3) is 5.91 Å². The second-order valence-electron chi connectivity index (χ2n) is 4.48. The molecule has 2 heterocycles. The highest BCUT2D eigenvalue weighted by atomic mass is 79.9. The highest BCUT2D eigenvalue weighted by Crippen LogP contribution is 2.18. The zero-order chi connectivity index (χ0) is 13.0. The van der Waals surface area contributed by atoms with Crippen molar-refractivity contribution in [3.63, 3.8) is 0 Å². The van der Waals surface area contributed by atoms with Crippen LogP contribution in [-0.4, -0.2) is 41.5 Å². The predicted octanol–water partition coefficient (Wildman–Crippen LogP) is 2.06. The van der Waals surface area contributed by atoms with E-state index in [1.54, 1.807) is 6.20 Å². The van der Waals surface area contributed by atoms with E-state index in [1.165, 1.54) is 0 Å². The normalized spacial score (nSPS) is 18.9. The summed E-state index contributed by atoms with van der Waals surface area (Å²) in [5.74, 6) is 0.0259. The minimum absolute atomic E-state index is 0.0259. The Labute approximate surface area is 116 Å². The fourth-order valence-corrected chi connectivity index (χ4v) is 2.70. The maximum absolute atomic E-state index is 12.5. The van der Waals surface area contributed by atoms with E-state index in [2.05, 4.69) is 33.2 Å². The second kappa shape index (κ2) is 6.29. The monoisotopic (exact) mass is 311 g/mol. The Morgan fingerprint density at radius 3 is 3.11 bits per heavy atom. The fourth-order valence-electron chi connectivity index (χ4n) is 2.28. The van der Waals surface area contributed by atoms with Crippen LogP contribution < -0.4 is 5.32 Å². The molecule has 0 spiro atoms. The molecule has 1 aliphatic rings. The molecule has 1 amide bonds. The number of aromatic nitrogens is 1. The summed E-state index contributed by atoms with van der Waals surface area (Å²) in [7, 11) is 0. The number of hydrogen-bond acceptors (Lipinski definition) is 3. The molecular weight excluding hydrogens is 294 g/mol. The summed E-state index contributed by atoms with van der Waals surface area (Å²) >= 11 is 3.40. The van der Waals surface area contributed by atoms with Gasteiger partial charge >= 0.3 is 0 Å². The number of carbonyl (C=O) groups is 1. The number of carbonyl (C=O) groups excluding carboxylic acids is 1. The van der Waals surface area contributed by atoms with Gasteiger partial charge in [-0.3, -0.25) is 4.79 Å². The summed E-state index contributed by atoms with van der Waals surface area (Å²) in [4.78, 5) is 18.7. The molecule has 1 atom stereocenters. The molecule has 1 fully saturated rings.